The largest absolute Gasteiger partial charge is 0.416 e. The molecule has 0 aliphatic rings. The van der Waals surface area contributed by atoms with Gasteiger partial charge >= 0.3 is 6.18 Å². The van der Waals surface area contributed by atoms with E-state index >= 15 is 0 Å². The minimum Gasteiger partial charge on any atom is -0.382 e. The lowest BCUT2D eigenvalue weighted by Crippen LogP contribution is -2.31. The van der Waals surface area contributed by atoms with E-state index in [1.807, 2.05) is 6.92 Å². The van der Waals surface area contributed by atoms with Crippen LogP contribution in [0.5, 0.6) is 0 Å². The minimum atomic E-state index is -4.29. The smallest absolute Gasteiger partial charge is 0.382 e. The van der Waals surface area contributed by atoms with Crippen molar-refractivity contribution in [2.24, 2.45) is 0 Å². The predicted octanol–water partition coefficient (Wildman–Crippen LogP) is 3.26. The molecule has 1 aromatic carbocycles. The van der Waals surface area contributed by atoms with Gasteiger partial charge in [-0.25, -0.2) is 0 Å². The SMILES string of the molecule is CNC(Cc1cccc(C(F)(F)F)c1)CC(C)OC. The molecule has 5 heteroatoms. The highest BCUT2D eigenvalue weighted by molar-refractivity contribution is 5.26. The summed E-state index contributed by atoms with van der Waals surface area (Å²) in [6, 6.07) is 5.57. The Balaban J connectivity index is 2.75. The predicted molar refractivity (Wildman–Crippen MR) is 69.1 cm³/mol. The van der Waals surface area contributed by atoms with Crippen molar-refractivity contribution in [3.05, 3.63) is 35.4 Å². The Bertz CT molecular complexity index is 393. The Labute approximate surface area is 112 Å². The highest BCUT2D eigenvalue weighted by Gasteiger charge is 2.30. The van der Waals surface area contributed by atoms with Crippen LogP contribution in [0, 0.1) is 0 Å². The van der Waals surface area contributed by atoms with Crippen LogP contribution in [0.25, 0.3) is 0 Å². The van der Waals surface area contributed by atoms with Gasteiger partial charge in [0.1, 0.15) is 0 Å². The highest BCUT2D eigenvalue weighted by atomic mass is 19.4. The van der Waals surface area contributed by atoms with Crippen molar-refractivity contribution in [2.75, 3.05) is 14.2 Å². The lowest BCUT2D eigenvalue weighted by atomic mass is 9.99. The molecule has 0 saturated heterocycles. The maximum atomic E-state index is 12.6. The monoisotopic (exact) mass is 275 g/mol. The van der Waals surface area contributed by atoms with Crippen LogP contribution in [0.3, 0.4) is 0 Å². The van der Waals surface area contributed by atoms with Gasteiger partial charge in [0.05, 0.1) is 11.7 Å². The van der Waals surface area contributed by atoms with Crippen LogP contribution < -0.4 is 5.32 Å². The molecule has 2 atom stereocenters. The van der Waals surface area contributed by atoms with Crippen molar-refractivity contribution in [3.63, 3.8) is 0 Å². The zero-order chi connectivity index (χ0) is 14.5. The molecule has 1 rings (SSSR count). The van der Waals surface area contributed by atoms with Gasteiger partial charge in [-0.15, -0.1) is 0 Å². The maximum absolute atomic E-state index is 12.6. The fourth-order valence-electron chi connectivity index (χ4n) is 1.96. The van der Waals surface area contributed by atoms with Gasteiger partial charge in [0, 0.05) is 13.2 Å². The van der Waals surface area contributed by atoms with Crippen LogP contribution in [0.2, 0.25) is 0 Å². The Morgan fingerprint density at radius 2 is 2.00 bits per heavy atom. The second-order valence-corrected chi connectivity index (χ2v) is 4.67. The first kappa shape index (κ1) is 16.0. The number of methoxy groups -OCH3 is 1. The number of hydrogen-bond donors (Lipinski definition) is 1. The molecule has 0 bridgehead atoms. The summed E-state index contributed by atoms with van der Waals surface area (Å²) in [4.78, 5) is 0. The number of likely N-dealkylation sites (N-methyl/N-ethyl adjacent to an activating group) is 1. The van der Waals surface area contributed by atoms with Crippen molar-refractivity contribution in [2.45, 2.75) is 38.1 Å². The van der Waals surface area contributed by atoms with Gasteiger partial charge in [-0.2, -0.15) is 13.2 Å². The molecule has 19 heavy (non-hydrogen) atoms. The van der Waals surface area contributed by atoms with E-state index in [-0.39, 0.29) is 12.1 Å². The molecule has 0 aliphatic carbocycles. The third-order valence-electron chi connectivity index (χ3n) is 3.16. The van der Waals surface area contributed by atoms with Gasteiger partial charge in [-0.05, 0) is 38.4 Å². The number of rotatable bonds is 6. The molecule has 0 aliphatic heterocycles. The topological polar surface area (TPSA) is 21.3 Å². The molecule has 0 heterocycles. The Morgan fingerprint density at radius 1 is 1.32 bits per heavy atom. The van der Waals surface area contributed by atoms with Crippen molar-refractivity contribution in [1.29, 1.82) is 0 Å². The molecule has 1 N–H and O–H groups in total. The quantitative estimate of drug-likeness (QED) is 0.860. The second-order valence-electron chi connectivity index (χ2n) is 4.67. The fourth-order valence-corrected chi connectivity index (χ4v) is 1.96. The number of alkyl halides is 3. The molecule has 2 unspecified atom stereocenters. The molecule has 108 valence electrons. The molecule has 2 nitrogen and oxygen atoms in total. The maximum Gasteiger partial charge on any atom is 0.416 e. The van der Waals surface area contributed by atoms with E-state index in [4.69, 9.17) is 4.74 Å². The molecule has 0 amide bonds. The standard InChI is InChI=1S/C14H20F3NO/c1-10(19-3)7-13(18-2)9-11-5-4-6-12(8-11)14(15,16)17/h4-6,8,10,13,18H,7,9H2,1-3H3. The third-order valence-corrected chi connectivity index (χ3v) is 3.16. The zero-order valence-electron chi connectivity index (χ0n) is 11.4. The molecule has 0 spiro atoms. The van der Waals surface area contributed by atoms with Crippen LogP contribution >= 0.6 is 0 Å². The van der Waals surface area contributed by atoms with Crippen molar-refractivity contribution in [1.82, 2.24) is 5.32 Å². The van der Waals surface area contributed by atoms with E-state index in [2.05, 4.69) is 5.32 Å². The molecular weight excluding hydrogens is 255 g/mol. The molecule has 0 aromatic heterocycles. The van der Waals surface area contributed by atoms with E-state index in [1.165, 1.54) is 12.1 Å². The minimum absolute atomic E-state index is 0.0725. The summed E-state index contributed by atoms with van der Waals surface area (Å²) in [6.07, 6.45) is -2.91. The van der Waals surface area contributed by atoms with E-state index in [1.54, 1.807) is 20.2 Å². The Hall–Kier alpha value is -1.07. The highest BCUT2D eigenvalue weighted by Crippen LogP contribution is 2.29. The molecule has 0 saturated carbocycles. The summed E-state index contributed by atoms with van der Waals surface area (Å²) in [7, 11) is 3.43. The van der Waals surface area contributed by atoms with Gasteiger partial charge in [0.25, 0.3) is 0 Å². The lowest BCUT2D eigenvalue weighted by Gasteiger charge is -2.20. The number of hydrogen-bond acceptors (Lipinski definition) is 2. The average molecular weight is 275 g/mol. The Kier molecular flexibility index (Phi) is 5.82. The van der Waals surface area contributed by atoms with Crippen molar-refractivity contribution in [3.8, 4) is 0 Å². The summed E-state index contributed by atoms with van der Waals surface area (Å²) in [5, 5.41) is 3.11. The van der Waals surface area contributed by atoms with E-state index in [0.717, 1.165) is 12.5 Å². The van der Waals surface area contributed by atoms with Gasteiger partial charge in [0.15, 0.2) is 0 Å². The van der Waals surface area contributed by atoms with E-state index in [0.29, 0.717) is 12.0 Å². The molecular formula is C14H20F3NO. The molecule has 0 radical (unpaired) electrons. The normalized spacial score (nSPS) is 15.3. The summed E-state index contributed by atoms with van der Waals surface area (Å²) in [5.74, 6) is 0. The van der Waals surface area contributed by atoms with Crippen LogP contribution in [0.15, 0.2) is 24.3 Å². The number of ether oxygens (including phenoxy) is 1. The average Bonchev–Trinajstić information content (AvgIpc) is 2.37. The van der Waals surface area contributed by atoms with E-state index < -0.39 is 11.7 Å². The summed E-state index contributed by atoms with van der Waals surface area (Å²) in [5.41, 5.74) is 0.0807. The van der Waals surface area contributed by atoms with Crippen LogP contribution in [0.1, 0.15) is 24.5 Å². The number of nitrogens with one attached hydrogen (secondary N) is 1. The first-order valence-electron chi connectivity index (χ1n) is 6.23. The Morgan fingerprint density at radius 3 is 2.53 bits per heavy atom. The van der Waals surface area contributed by atoms with Gasteiger partial charge < -0.3 is 10.1 Å². The number of halogens is 3. The lowest BCUT2D eigenvalue weighted by molar-refractivity contribution is -0.137. The first-order chi connectivity index (χ1) is 8.86. The first-order valence-corrected chi connectivity index (χ1v) is 6.23. The van der Waals surface area contributed by atoms with Gasteiger partial charge in [-0.1, -0.05) is 18.2 Å². The summed E-state index contributed by atoms with van der Waals surface area (Å²) >= 11 is 0. The van der Waals surface area contributed by atoms with E-state index in [9.17, 15) is 13.2 Å². The molecule has 0 fully saturated rings. The van der Waals surface area contributed by atoms with Gasteiger partial charge in [-0.3, -0.25) is 0 Å². The van der Waals surface area contributed by atoms with Crippen molar-refractivity contribution >= 4 is 0 Å². The fraction of sp³-hybridized carbons (Fsp3) is 0.571. The third kappa shape index (κ3) is 5.20. The number of benzene rings is 1. The van der Waals surface area contributed by atoms with Crippen LogP contribution in [0.4, 0.5) is 13.2 Å². The summed E-state index contributed by atoms with van der Waals surface area (Å²) < 4.78 is 43.0. The van der Waals surface area contributed by atoms with Gasteiger partial charge in [0.2, 0.25) is 0 Å². The summed E-state index contributed by atoms with van der Waals surface area (Å²) in [6.45, 7) is 1.94. The van der Waals surface area contributed by atoms with Crippen molar-refractivity contribution < 1.29 is 17.9 Å². The zero-order valence-corrected chi connectivity index (χ0v) is 11.4. The molecule has 1 aromatic rings. The van der Waals surface area contributed by atoms with Crippen LogP contribution in [-0.2, 0) is 17.3 Å². The van der Waals surface area contributed by atoms with Crippen LogP contribution in [-0.4, -0.2) is 26.3 Å². The second kappa shape index (κ2) is 6.91.